The number of hydrogen-bond acceptors (Lipinski definition) is 11. The zero-order chi connectivity index (χ0) is 33.8. The molecule has 15 nitrogen and oxygen atoms in total. The van der Waals surface area contributed by atoms with Crippen LogP contribution in [-0.2, 0) is 4.79 Å². The fourth-order valence-corrected chi connectivity index (χ4v) is 4.41. The summed E-state index contributed by atoms with van der Waals surface area (Å²) in [5, 5.41) is 34.2. The minimum absolute atomic E-state index is 0.0628. The van der Waals surface area contributed by atoms with Crippen molar-refractivity contribution in [1.82, 2.24) is 26.6 Å². The molecule has 0 saturated heterocycles. The summed E-state index contributed by atoms with van der Waals surface area (Å²) in [4.78, 5) is 56.6. The second-order valence-electron chi connectivity index (χ2n) is 10.2. The maximum Gasteiger partial charge on any atom is 0.352 e. The Morgan fingerprint density at radius 1 is 0.851 bits per heavy atom. The molecule has 47 heavy (non-hydrogen) atoms. The van der Waals surface area contributed by atoms with Crippen molar-refractivity contribution in [2.24, 2.45) is 4.99 Å². The molecule has 0 spiro atoms. The lowest BCUT2D eigenvalue weighted by Crippen LogP contribution is -2.70. The summed E-state index contributed by atoms with van der Waals surface area (Å²) >= 11 is 0. The highest BCUT2D eigenvalue weighted by atomic mass is 16.5. The first-order valence-corrected chi connectivity index (χ1v) is 14.6. The zero-order valence-electron chi connectivity index (χ0n) is 25.8. The van der Waals surface area contributed by atoms with Crippen LogP contribution in [0, 0.1) is 0 Å². The molecule has 0 saturated carbocycles. The van der Waals surface area contributed by atoms with E-state index in [-0.39, 0.29) is 29.0 Å². The third-order valence-electron chi connectivity index (χ3n) is 7.01. The van der Waals surface area contributed by atoms with Gasteiger partial charge in [-0.3, -0.25) is 19.4 Å². The molecule has 0 radical (unpaired) electrons. The Morgan fingerprint density at radius 2 is 1.43 bits per heavy atom. The minimum atomic E-state index is -2.52. The number of phenolic OH excluding ortho intramolecular Hbond substituents is 1. The zero-order valence-corrected chi connectivity index (χ0v) is 25.8. The van der Waals surface area contributed by atoms with Crippen molar-refractivity contribution < 1.29 is 43.6 Å². The molecule has 0 aromatic heterocycles. The average Bonchev–Trinajstić information content (AvgIpc) is 3.09. The molecule has 0 atom stereocenters. The van der Waals surface area contributed by atoms with E-state index < -0.39 is 41.6 Å². The minimum Gasteiger partial charge on any atom is -0.507 e. The first-order chi connectivity index (χ1) is 22.6. The van der Waals surface area contributed by atoms with E-state index in [1.165, 1.54) is 80.9 Å². The number of carboxylic acids is 1. The number of methoxy groups -OCH3 is 2. The van der Waals surface area contributed by atoms with Gasteiger partial charge in [-0.1, -0.05) is 0 Å². The summed E-state index contributed by atoms with van der Waals surface area (Å²) < 4.78 is 15.8. The van der Waals surface area contributed by atoms with Crippen LogP contribution in [0.2, 0.25) is 0 Å². The topological polar surface area (TPSA) is 209 Å². The van der Waals surface area contributed by atoms with Crippen molar-refractivity contribution in [2.45, 2.75) is 12.1 Å². The number of nitrogens with one attached hydrogen (secondary N) is 5. The second kappa shape index (κ2) is 15.8. The molecule has 4 rings (SSSR count). The van der Waals surface area contributed by atoms with Gasteiger partial charge in [0, 0.05) is 30.3 Å². The van der Waals surface area contributed by atoms with Crippen LogP contribution < -0.4 is 40.8 Å². The number of rotatable bonds is 14. The van der Waals surface area contributed by atoms with Crippen molar-refractivity contribution in [1.29, 1.82) is 0 Å². The van der Waals surface area contributed by atoms with Gasteiger partial charge >= 0.3 is 5.97 Å². The number of aliphatic carboxylic acids is 1. The molecule has 3 aromatic carbocycles. The van der Waals surface area contributed by atoms with E-state index in [4.69, 9.17) is 14.2 Å². The third-order valence-corrected chi connectivity index (χ3v) is 7.01. The number of guanidine groups is 1. The summed E-state index contributed by atoms with van der Waals surface area (Å²) in [5.74, 6) is -2.79. The molecule has 0 unspecified atom stereocenters. The molecule has 0 aliphatic carbocycles. The number of amides is 3. The highest BCUT2D eigenvalue weighted by molar-refractivity contribution is 6.03. The lowest BCUT2D eigenvalue weighted by atomic mass is 10.1. The van der Waals surface area contributed by atoms with Crippen LogP contribution in [0.4, 0.5) is 0 Å². The largest absolute Gasteiger partial charge is 0.507 e. The Hall–Kier alpha value is -5.99. The molecule has 1 aliphatic rings. The second-order valence-corrected chi connectivity index (χ2v) is 10.2. The van der Waals surface area contributed by atoms with Gasteiger partial charge in [0.1, 0.15) is 29.6 Å². The number of benzene rings is 3. The average molecular weight is 649 g/mol. The number of aliphatic imine (C=N–C) groups is 1. The summed E-state index contributed by atoms with van der Waals surface area (Å²) in [7, 11) is 2.90. The van der Waals surface area contributed by atoms with Crippen molar-refractivity contribution in [3.05, 3.63) is 83.4 Å². The van der Waals surface area contributed by atoms with Crippen molar-refractivity contribution in [3.8, 4) is 23.0 Å². The van der Waals surface area contributed by atoms with E-state index in [2.05, 4.69) is 31.6 Å². The van der Waals surface area contributed by atoms with E-state index in [0.717, 1.165) is 19.5 Å². The summed E-state index contributed by atoms with van der Waals surface area (Å²) in [6.07, 6.45) is 0.967. The first-order valence-electron chi connectivity index (χ1n) is 14.6. The Kier molecular flexibility index (Phi) is 11.4. The molecular weight excluding hydrogens is 612 g/mol. The molecule has 3 amide bonds. The van der Waals surface area contributed by atoms with Crippen molar-refractivity contribution >= 4 is 29.7 Å². The summed E-state index contributed by atoms with van der Waals surface area (Å²) in [6, 6.07) is 15.7. The van der Waals surface area contributed by atoms with Gasteiger partial charge in [-0.25, -0.2) is 4.79 Å². The van der Waals surface area contributed by atoms with Crippen LogP contribution in [0.15, 0.2) is 71.7 Å². The third kappa shape index (κ3) is 9.03. The molecule has 0 fully saturated rings. The standard InChI is InChI=1S/C32H36N6O9/c1-45-22-8-4-20(5-9-22)27(40)37-32(30(43)44,38-28(41)21-6-10-23(46-2)11-7-21)19-36-29(42)25-13-12-24(18-26(25)39)47-17-16-35-31-33-14-3-15-34-31/h4-13,18,39H,3,14-17,19H2,1-2H3,(H,36,42)(H,37,40)(H,38,41)(H,43,44)(H2,33,34,35). The van der Waals surface area contributed by atoms with Crippen molar-refractivity contribution in [2.75, 3.05) is 47.0 Å². The number of carboxylic acid groups (broad SMARTS) is 1. The SMILES string of the molecule is COc1ccc(C(=O)NC(CNC(=O)c2ccc(OCCNC3=NCCCN3)cc2O)(NC(=O)c2ccc(OC)cc2)C(=O)O)cc1. The van der Waals surface area contributed by atoms with Gasteiger partial charge in [0.25, 0.3) is 17.7 Å². The van der Waals surface area contributed by atoms with Gasteiger partial charge in [-0.2, -0.15) is 0 Å². The highest BCUT2D eigenvalue weighted by Gasteiger charge is 2.43. The number of carbonyl (C=O) groups excluding carboxylic acids is 3. The predicted octanol–water partition coefficient (Wildman–Crippen LogP) is 1.10. The lowest BCUT2D eigenvalue weighted by molar-refractivity contribution is -0.145. The van der Waals surface area contributed by atoms with Gasteiger partial charge in [-0.05, 0) is 67.1 Å². The number of nitrogens with zero attached hydrogens (tertiary/aromatic N) is 1. The highest BCUT2D eigenvalue weighted by Crippen LogP contribution is 2.24. The van der Waals surface area contributed by atoms with Gasteiger partial charge in [0.2, 0.25) is 5.66 Å². The number of phenols is 1. The Balaban J connectivity index is 1.48. The molecule has 248 valence electrons. The van der Waals surface area contributed by atoms with E-state index >= 15 is 0 Å². The quantitative estimate of drug-likeness (QED) is 0.0972. The lowest BCUT2D eigenvalue weighted by Gasteiger charge is -2.32. The summed E-state index contributed by atoms with van der Waals surface area (Å²) in [5.41, 5.74) is -2.59. The molecule has 1 heterocycles. The van der Waals surface area contributed by atoms with Gasteiger partial charge in [0.05, 0.1) is 32.9 Å². The van der Waals surface area contributed by atoms with Crippen LogP contribution in [0.5, 0.6) is 23.0 Å². The van der Waals surface area contributed by atoms with Crippen LogP contribution in [0.3, 0.4) is 0 Å². The predicted molar refractivity (Wildman–Crippen MR) is 170 cm³/mol. The first kappa shape index (κ1) is 33.9. The fourth-order valence-electron chi connectivity index (χ4n) is 4.41. The number of hydrogen-bond donors (Lipinski definition) is 7. The Morgan fingerprint density at radius 3 is 1.91 bits per heavy atom. The number of ether oxygens (including phenoxy) is 3. The van der Waals surface area contributed by atoms with Crippen LogP contribution in [0.1, 0.15) is 37.5 Å². The molecular formula is C32H36N6O9. The smallest absolute Gasteiger partial charge is 0.352 e. The van der Waals surface area contributed by atoms with Crippen LogP contribution in [-0.4, -0.2) is 92.5 Å². The van der Waals surface area contributed by atoms with Gasteiger partial charge < -0.3 is 51.0 Å². The molecule has 1 aliphatic heterocycles. The van der Waals surface area contributed by atoms with Crippen LogP contribution in [0.25, 0.3) is 0 Å². The summed E-state index contributed by atoms with van der Waals surface area (Å²) in [6.45, 7) is 1.46. The Labute approximate surface area is 270 Å². The van der Waals surface area contributed by atoms with Gasteiger partial charge in [-0.15, -0.1) is 0 Å². The molecule has 7 N–H and O–H groups in total. The van der Waals surface area contributed by atoms with Gasteiger partial charge in [0.15, 0.2) is 5.96 Å². The molecule has 0 bridgehead atoms. The Bertz CT molecular complexity index is 1550. The van der Waals surface area contributed by atoms with E-state index in [1.54, 1.807) is 0 Å². The van der Waals surface area contributed by atoms with E-state index in [1.807, 2.05) is 0 Å². The maximum absolute atomic E-state index is 13.2. The maximum atomic E-state index is 13.2. The van der Waals surface area contributed by atoms with E-state index in [0.29, 0.717) is 24.0 Å². The monoisotopic (exact) mass is 648 g/mol. The molecule has 3 aromatic rings. The normalized spacial score (nSPS) is 12.4. The number of aromatic hydroxyl groups is 1. The van der Waals surface area contributed by atoms with Crippen molar-refractivity contribution in [3.63, 3.8) is 0 Å². The van der Waals surface area contributed by atoms with Crippen LogP contribution >= 0.6 is 0 Å². The molecule has 15 heteroatoms. The fraction of sp³-hybridized carbons (Fsp3) is 0.281. The van der Waals surface area contributed by atoms with E-state index in [9.17, 15) is 29.4 Å². The number of carbonyl (C=O) groups is 4.